The maximum Gasteiger partial charge on any atom is 0.243 e. The summed E-state index contributed by atoms with van der Waals surface area (Å²) in [5, 5.41) is 13.2. The van der Waals surface area contributed by atoms with Crippen LogP contribution in [0.2, 0.25) is 0 Å². The number of nitrogens with zero attached hydrogens (tertiary/aromatic N) is 3. The number of carbonyl (C=O) groups excluding carboxylic acids is 1. The summed E-state index contributed by atoms with van der Waals surface area (Å²) in [6.07, 6.45) is -0.318. The Labute approximate surface area is 142 Å². The standard InChI is InChI=1S/C16H28N4O2S/c1-10-8-20(7-6-19(10)9-11(2)21)13(4)15(22)18-16-17-12(3)14(5)23-16/h10-11,13,21H,6-9H2,1-5H3,(H,17,18,22)/t10-,11+,13-/m0/s1. The van der Waals surface area contributed by atoms with Crippen molar-refractivity contribution in [1.82, 2.24) is 14.8 Å². The number of nitrogens with one attached hydrogen (secondary N) is 1. The molecule has 7 heteroatoms. The van der Waals surface area contributed by atoms with Crippen molar-refractivity contribution in [2.24, 2.45) is 0 Å². The normalized spacial score (nSPS) is 22.8. The highest BCUT2D eigenvalue weighted by molar-refractivity contribution is 7.15. The van der Waals surface area contributed by atoms with Crippen LogP contribution >= 0.6 is 11.3 Å². The van der Waals surface area contributed by atoms with E-state index in [1.807, 2.05) is 27.7 Å². The molecule has 0 spiro atoms. The van der Waals surface area contributed by atoms with E-state index in [1.54, 1.807) is 0 Å². The highest BCUT2D eigenvalue weighted by atomic mass is 32.1. The van der Waals surface area contributed by atoms with Crippen LogP contribution < -0.4 is 5.32 Å². The fourth-order valence-corrected chi connectivity index (χ4v) is 3.71. The molecule has 2 heterocycles. The number of β-amino-alcohol motifs (C(OH)–C–C–N with tert-alkyl or cyclic N) is 1. The molecule has 2 rings (SSSR count). The van der Waals surface area contributed by atoms with E-state index < -0.39 is 0 Å². The van der Waals surface area contributed by atoms with Gasteiger partial charge in [0.2, 0.25) is 5.91 Å². The number of aryl methyl sites for hydroxylation is 2. The van der Waals surface area contributed by atoms with Crippen molar-refractivity contribution in [3.63, 3.8) is 0 Å². The number of aromatic nitrogens is 1. The molecular weight excluding hydrogens is 312 g/mol. The lowest BCUT2D eigenvalue weighted by Gasteiger charge is -2.42. The first-order valence-electron chi connectivity index (χ1n) is 8.19. The summed E-state index contributed by atoms with van der Waals surface area (Å²) in [6, 6.07) is 0.147. The predicted molar refractivity (Wildman–Crippen MR) is 94.0 cm³/mol. The van der Waals surface area contributed by atoms with E-state index in [-0.39, 0.29) is 18.1 Å². The topological polar surface area (TPSA) is 68.7 Å². The van der Waals surface area contributed by atoms with E-state index in [2.05, 4.69) is 27.0 Å². The van der Waals surface area contributed by atoms with E-state index in [0.29, 0.717) is 17.7 Å². The van der Waals surface area contributed by atoms with Crippen molar-refractivity contribution in [1.29, 1.82) is 0 Å². The van der Waals surface area contributed by atoms with Gasteiger partial charge in [-0.15, -0.1) is 11.3 Å². The minimum atomic E-state index is -0.318. The summed E-state index contributed by atoms with van der Waals surface area (Å²) in [6.45, 7) is 13.1. The molecule has 0 saturated carbocycles. The Morgan fingerprint density at radius 3 is 2.65 bits per heavy atom. The number of aliphatic hydroxyl groups is 1. The number of amides is 1. The van der Waals surface area contributed by atoms with E-state index in [4.69, 9.17) is 0 Å². The zero-order valence-corrected chi connectivity index (χ0v) is 15.5. The average molecular weight is 340 g/mol. The molecule has 0 bridgehead atoms. The molecule has 1 amide bonds. The number of thiazole rings is 1. The molecule has 6 nitrogen and oxygen atoms in total. The van der Waals surface area contributed by atoms with Gasteiger partial charge in [-0.25, -0.2) is 4.98 Å². The Balaban J connectivity index is 1.90. The minimum absolute atomic E-state index is 0.00470. The Kier molecular flexibility index (Phi) is 6.13. The highest BCUT2D eigenvalue weighted by Crippen LogP contribution is 2.22. The summed E-state index contributed by atoms with van der Waals surface area (Å²) >= 11 is 1.52. The molecular formula is C16H28N4O2S. The number of rotatable bonds is 5. The molecule has 1 aliphatic heterocycles. The number of aliphatic hydroxyl groups excluding tert-OH is 1. The van der Waals surface area contributed by atoms with Crippen LogP contribution in [0.4, 0.5) is 5.13 Å². The zero-order chi connectivity index (χ0) is 17.1. The van der Waals surface area contributed by atoms with Gasteiger partial charge in [-0.05, 0) is 34.6 Å². The first kappa shape index (κ1) is 18.3. The molecule has 0 unspecified atom stereocenters. The molecule has 0 aromatic carbocycles. The number of carbonyl (C=O) groups is 1. The van der Waals surface area contributed by atoms with Gasteiger partial charge in [0.25, 0.3) is 0 Å². The lowest BCUT2D eigenvalue weighted by atomic mass is 10.1. The van der Waals surface area contributed by atoms with Crippen LogP contribution in [0, 0.1) is 13.8 Å². The van der Waals surface area contributed by atoms with Crippen LogP contribution in [0.5, 0.6) is 0 Å². The second-order valence-corrected chi connectivity index (χ2v) is 7.72. The smallest absolute Gasteiger partial charge is 0.243 e. The summed E-state index contributed by atoms with van der Waals surface area (Å²) in [4.78, 5) is 22.4. The molecule has 1 fully saturated rings. The number of piperazine rings is 1. The fraction of sp³-hybridized carbons (Fsp3) is 0.750. The van der Waals surface area contributed by atoms with Gasteiger partial charge in [-0.3, -0.25) is 14.6 Å². The van der Waals surface area contributed by atoms with E-state index in [1.165, 1.54) is 11.3 Å². The van der Waals surface area contributed by atoms with Crippen LogP contribution in [0.3, 0.4) is 0 Å². The molecule has 0 aliphatic carbocycles. The lowest BCUT2D eigenvalue weighted by Crippen LogP contribution is -2.57. The predicted octanol–water partition coefficient (Wildman–Crippen LogP) is 1.47. The van der Waals surface area contributed by atoms with Gasteiger partial charge < -0.3 is 10.4 Å². The van der Waals surface area contributed by atoms with Crippen LogP contribution in [-0.2, 0) is 4.79 Å². The molecule has 1 aliphatic rings. The molecule has 1 saturated heterocycles. The van der Waals surface area contributed by atoms with Crippen LogP contribution in [-0.4, -0.2) is 70.2 Å². The number of hydrogen-bond acceptors (Lipinski definition) is 6. The van der Waals surface area contributed by atoms with Gasteiger partial charge in [0, 0.05) is 37.1 Å². The van der Waals surface area contributed by atoms with E-state index in [0.717, 1.165) is 30.2 Å². The van der Waals surface area contributed by atoms with Crippen molar-refractivity contribution in [2.45, 2.75) is 52.8 Å². The first-order chi connectivity index (χ1) is 10.8. The average Bonchev–Trinajstić information content (AvgIpc) is 2.78. The van der Waals surface area contributed by atoms with Crippen LogP contribution in [0.25, 0.3) is 0 Å². The fourth-order valence-electron chi connectivity index (χ4n) is 2.89. The summed E-state index contributed by atoms with van der Waals surface area (Å²) in [5.74, 6) is -0.00470. The third kappa shape index (κ3) is 4.73. The largest absolute Gasteiger partial charge is 0.392 e. The monoisotopic (exact) mass is 340 g/mol. The van der Waals surface area contributed by atoms with Crippen molar-refractivity contribution >= 4 is 22.4 Å². The Hall–Kier alpha value is -1.02. The second-order valence-electron chi connectivity index (χ2n) is 6.51. The minimum Gasteiger partial charge on any atom is -0.392 e. The maximum absolute atomic E-state index is 12.5. The van der Waals surface area contributed by atoms with Crippen LogP contribution in [0.1, 0.15) is 31.3 Å². The van der Waals surface area contributed by atoms with E-state index in [9.17, 15) is 9.90 Å². The molecule has 23 heavy (non-hydrogen) atoms. The highest BCUT2D eigenvalue weighted by Gasteiger charge is 2.30. The summed E-state index contributed by atoms with van der Waals surface area (Å²) in [7, 11) is 0. The Morgan fingerprint density at radius 2 is 2.13 bits per heavy atom. The Morgan fingerprint density at radius 1 is 1.43 bits per heavy atom. The van der Waals surface area contributed by atoms with Gasteiger partial charge in [0.1, 0.15) is 0 Å². The quantitative estimate of drug-likeness (QED) is 0.850. The van der Waals surface area contributed by atoms with Gasteiger partial charge in [0.15, 0.2) is 5.13 Å². The lowest BCUT2D eigenvalue weighted by molar-refractivity contribution is -0.122. The molecule has 2 N–H and O–H groups in total. The van der Waals surface area contributed by atoms with Crippen molar-refractivity contribution in [3.05, 3.63) is 10.6 Å². The maximum atomic E-state index is 12.5. The molecule has 130 valence electrons. The van der Waals surface area contributed by atoms with Crippen molar-refractivity contribution in [2.75, 3.05) is 31.5 Å². The Bertz CT molecular complexity index is 527. The molecule has 1 aromatic rings. The molecule has 0 radical (unpaired) electrons. The third-order valence-electron chi connectivity index (χ3n) is 4.48. The van der Waals surface area contributed by atoms with Crippen LogP contribution in [0.15, 0.2) is 0 Å². The number of anilines is 1. The van der Waals surface area contributed by atoms with Crippen molar-refractivity contribution in [3.8, 4) is 0 Å². The van der Waals surface area contributed by atoms with Gasteiger partial charge >= 0.3 is 0 Å². The zero-order valence-electron chi connectivity index (χ0n) is 14.7. The molecule has 3 atom stereocenters. The number of hydrogen-bond donors (Lipinski definition) is 2. The third-order valence-corrected chi connectivity index (χ3v) is 5.47. The van der Waals surface area contributed by atoms with Gasteiger partial charge in [-0.2, -0.15) is 0 Å². The summed E-state index contributed by atoms with van der Waals surface area (Å²) in [5.41, 5.74) is 0.971. The van der Waals surface area contributed by atoms with E-state index >= 15 is 0 Å². The second kappa shape index (κ2) is 7.70. The SMILES string of the molecule is Cc1nc(NC(=O)[C@H](C)N2CCN(C[C@@H](C)O)[C@@H](C)C2)sc1C. The summed E-state index contributed by atoms with van der Waals surface area (Å²) < 4.78 is 0. The first-order valence-corrected chi connectivity index (χ1v) is 9.00. The molecule has 1 aromatic heterocycles. The van der Waals surface area contributed by atoms with Gasteiger partial charge in [-0.1, -0.05) is 0 Å². The van der Waals surface area contributed by atoms with Crippen molar-refractivity contribution < 1.29 is 9.90 Å². The van der Waals surface area contributed by atoms with Gasteiger partial charge in [0.05, 0.1) is 17.8 Å².